The lowest BCUT2D eigenvalue weighted by Crippen LogP contribution is -2.45. The summed E-state index contributed by atoms with van der Waals surface area (Å²) in [5, 5.41) is 14.4. The number of halogens is 1. The molecule has 2 rings (SSSR count). The smallest absolute Gasteiger partial charge is 0.261 e. The highest BCUT2D eigenvalue weighted by atomic mass is 79.9. The van der Waals surface area contributed by atoms with Gasteiger partial charge < -0.3 is 16.3 Å². The standard InChI is InChI=1S/C10H12BrN3O2S/c11-7-4-3-6(17-7)10(15)13-8(5-1-2-5)9(12)14-16/h3-5,8,16H,1-2H2,(H2,12,14)(H,13,15). The Hall–Kier alpha value is -1.08. The van der Waals surface area contributed by atoms with Gasteiger partial charge in [-0.2, -0.15) is 0 Å². The minimum atomic E-state index is -0.367. The third-order valence-corrected chi connectivity index (χ3v) is 4.23. The molecule has 1 aliphatic carbocycles. The third-order valence-electron chi connectivity index (χ3n) is 2.61. The van der Waals surface area contributed by atoms with Crippen LogP contribution in [0.1, 0.15) is 22.5 Å². The normalized spacial score (nSPS) is 17.8. The van der Waals surface area contributed by atoms with Gasteiger partial charge >= 0.3 is 0 Å². The molecule has 1 fully saturated rings. The molecular weight excluding hydrogens is 306 g/mol. The summed E-state index contributed by atoms with van der Waals surface area (Å²) in [6.45, 7) is 0. The number of thiophene rings is 1. The Kier molecular flexibility index (Phi) is 3.68. The minimum Gasteiger partial charge on any atom is -0.409 e. The van der Waals surface area contributed by atoms with Gasteiger partial charge in [0.2, 0.25) is 0 Å². The summed E-state index contributed by atoms with van der Waals surface area (Å²) in [7, 11) is 0. The number of amidine groups is 1. The molecule has 1 heterocycles. The molecule has 0 aliphatic heterocycles. The molecule has 1 atom stereocenters. The number of amides is 1. The first-order chi connectivity index (χ1) is 8.11. The van der Waals surface area contributed by atoms with Gasteiger partial charge in [0, 0.05) is 0 Å². The van der Waals surface area contributed by atoms with Crippen molar-refractivity contribution in [2.45, 2.75) is 18.9 Å². The van der Waals surface area contributed by atoms with Crippen molar-refractivity contribution in [3.63, 3.8) is 0 Å². The van der Waals surface area contributed by atoms with E-state index in [1.165, 1.54) is 11.3 Å². The number of oxime groups is 1. The first-order valence-electron chi connectivity index (χ1n) is 5.15. The van der Waals surface area contributed by atoms with Crippen molar-refractivity contribution >= 4 is 39.0 Å². The van der Waals surface area contributed by atoms with E-state index < -0.39 is 0 Å². The maximum atomic E-state index is 11.9. The monoisotopic (exact) mass is 317 g/mol. The van der Waals surface area contributed by atoms with Crippen molar-refractivity contribution in [1.29, 1.82) is 0 Å². The van der Waals surface area contributed by atoms with Gasteiger partial charge in [-0.3, -0.25) is 4.79 Å². The van der Waals surface area contributed by atoms with Gasteiger partial charge in [-0.15, -0.1) is 11.3 Å². The van der Waals surface area contributed by atoms with E-state index in [1.807, 2.05) is 6.07 Å². The predicted molar refractivity (Wildman–Crippen MR) is 69.4 cm³/mol. The average Bonchev–Trinajstić information content (AvgIpc) is 3.06. The molecule has 1 amide bonds. The van der Waals surface area contributed by atoms with Crippen molar-refractivity contribution < 1.29 is 10.0 Å². The molecule has 17 heavy (non-hydrogen) atoms. The van der Waals surface area contributed by atoms with Crippen molar-refractivity contribution in [3.05, 3.63) is 20.8 Å². The summed E-state index contributed by atoms with van der Waals surface area (Å²) in [6, 6.07) is 3.18. The lowest BCUT2D eigenvalue weighted by molar-refractivity contribution is 0.0947. The van der Waals surface area contributed by atoms with Crippen LogP contribution >= 0.6 is 27.3 Å². The summed E-state index contributed by atoms with van der Waals surface area (Å²) in [5.74, 6) is 0.166. The van der Waals surface area contributed by atoms with Gasteiger partial charge in [0.25, 0.3) is 5.91 Å². The maximum Gasteiger partial charge on any atom is 0.261 e. The first-order valence-corrected chi connectivity index (χ1v) is 6.76. The zero-order valence-corrected chi connectivity index (χ0v) is 11.3. The zero-order chi connectivity index (χ0) is 12.4. The van der Waals surface area contributed by atoms with Crippen LogP contribution in [-0.2, 0) is 0 Å². The Morgan fingerprint density at radius 3 is 2.82 bits per heavy atom. The van der Waals surface area contributed by atoms with E-state index in [-0.39, 0.29) is 17.8 Å². The average molecular weight is 318 g/mol. The van der Waals surface area contributed by atoms with Crippen molar-refractivity contribution in [2.24, 2.45) is 16.8 Å². The lowest BCUT2D eigenvalue weighted by Gasteiger charge is -2.15. The Morgan fingerprint density at radius 2 is 2.35 bits per heavy atom. The quantitative estimate of drug-likeness (QED) is 0.342. The van der Waals surface area contributed by atoms with Crippen LogP contribution in [0.15, 0.2) is 21.1 Å². The van der Waals surface area contributed by atoms with E-state index in [4.69, 9.17) is 10.9 Å². The molecule has 0 saturated heterocycles. The summed E-state index contributed by atoms with van der Waals surface area (Å²) >= 11 is 4.65. The largest absolute Gasteiger partial charge is 0.409 e. The number of carbonyl (C=O) groups excluding carboxylic acids is 1. The van der Waals surface area contributed by atoms with Crippen molar-refractivity contribution in [2.75, 3.05) is 0 Å². The van der Waals surface area contributed by atoms with E-state index in [2.05, 4.69) is 26.4 Å². The SMILES string of the molecule is NC(=NO)C(NC(=O)c1ccc(Br)s1)C1CC1. The molecule has 0 bridgehead atoms. The van der Waals surface area contributed by atoms with E-state index >= 15 is 0 Å². The maximum absolute atomic E-state index is 11.9. The Bertz CT molecular complexity index is 456. The van der Waals surface area contributed by atoms with E-state index in [0.717, 1.165) is 16.6 Å². The van der Waals surface area contributed by atoms with Crippen LogP contribution in [0.25, 0.3) is 0 Å². The molecule has 1 aromatic rings. The number of nitrogens with two attached hydrogens (primary N) is 1. The number of carbonyl (C=O) groups is 1. The Morgan fingerprint density at radius 1 is 1.65 bits per heavy atom. The first kappa shape index (κ1) is 12.4. The number of nitrogens with one attached hydrogen (secondary N) is 1. The summed E-state index contributed by atoms with van der Waals surface area (Å²) in [6.07, 6.45) is 1.99. The minimum absolute atomic E-state index is 0.0662. The predicted octanol–water partition coefficient (Wildman–Crippen LogP) is 1.77. The summed E-state index contributed by atoms with van der Waals surface area (Å²) in [4.78, 5) is 12.5. The molecular formula is C10H12BrN3O2S. The molecule has 0 spiro atoms. The second-order valence-corrected chi connectivity index (χ2v) is 6.38. The van der Waals surface area contributed by atoms with Gasteiger partial charge in [0.1, 0.15) is 0 Å². The molecule has 7 heteroatoms. The van der Waals surface area contributed by atoms with Crippen molar-refractivity contribution in [3.8, 4) is 0 Å². The van der Waals surface area contributed by atoms with Crippen LogP contribution in [0, 0.1) is 5.92 Å². The Balaban J connectivity index is 2.05. The number of hydrogen-bond acceptors (Lipinski definition) is 4. The molecule has 1 unspecified atom stereocenters. The molecule has 0 aromatic carbocycles. The molecule has 4 N–H and O–H groups in total. The number of hydrogen-bond donors (Lipinski definition) is 3. The van der Waals surface area contributed by atoms with Crippen LogP contribution in [-0.4, -0.2) is 23.0 Å². The van der Waals surface area contributed by atoms with Gasteiger partial charge in [0.15, 0.2) is 5.84 Å². The topological polar surface area (TPSA) is 87.7 Å². The van der Waals surface area contributed by atoms with E-state index in [9.17, 15) is 4.79 Å². The molecule has 1 aromatic heterocycles. The number of rotatable bonds is 4. The van der Waals surface area contributed by atoms with Crippen LogP contribution in [0.3, 0.4) is 0 Å². The highest BCUT2D eigenvalue weighted by Crippen LogP contribution is 2.33. The fourth-order valence-electron chi connectivity index (χ4n) is 1.57. The second-order valence-electron chi connectivity index (χ2n) is 3.92. The summed E-state index contributed by atoms with van der Waals surface area (Å²) in [5.41, 5.74) is 5.57. The summed E-state index contributed by atoms with van der Waals surface area (Å²) < 4.78 is 0.898. The molecule has 1 saturated carbocycles. The molecule has 0 radical (unpaired) electrons. The van der Waals surface area contributed by atoms with Crippen LogP contribution in [0.5, 0.6) is 0 Å². The van der Waals surface area contributed by atoms with E-state index in [1.54, 1.807) is 6.07 Å². The van der Waals surface area contributed by atoms with Crippen LogP contribution in [0.4, 0.5) is 0 Å². The van der Waals surface area contributed by atoms with E-state index in [0.29, 0.717) is 10.8 Å². The lowest BCUT2D eigenvalue weighted by atomic mass is 10.1. The van der Waals surface area contributed by atoms with Crippen LogP contribution in [0.2, 0.25) is 0 Å². The van der Waals surface area contributed by atoms with Gasteiger partial charge in [-0.1, -0.05) is 5.16 Å². The zero-order valence-electron chi connectivity index (χ0n) is 8.89. The molecule has 1 aliphatic rings. The van der Waals surface area contributed by atoms with Crippen LogP contribution < -0.4 is 11.1 Å². The molecule has 5 nitrogen and oxygen atoms in total. The van der Waals surface area contributed by atoms with Gasteiger partial charge in [-0.25, -0.2) is 0 Å². The van der Waals surface area contributed by atoms with Crippen molar-refractivity contribution in [1.82, 2.24) is 5.32 Å². The second kappa shape index (κ2) is 5.05. The highest BCUT2D eigenvalue weighted by Gasteiger charge is 2.35. The fourth-order valence-corrected chi connectivity index (χ4v) is 2.86. The number of nitrogens with zero attached hydrogens (tertiary/aromatic N) is 1. The highest BCUT2D eigenvalue weighted by molar-refractivity contribution is 9.11. The fraction of sp³-hybridized carbons (Fsp3) is 0.400. The Labute approximate surface area is 111 Å². The van der Waals surface area contributed by atoms with Gasteiger partial charge in [-0.05, 0) is 46.8 Å². The third kappa shape index (κ3) is 2.98. The van der Waals surface area contributed by atoms with Gasteiger partial charge in [0.05, 0.1) is 14.7 Å². The molecule has 92 valence electrons.